The zero-order chi connectivity index (χ0) is 21.8. The third-order valence-electron chi connectivity index (χ3n) is 5.69. The molecule has 1 unspecified atom stereocenters. The summed E-state index contributed by atoms with van der Waals surface area (Å²) in [6.07, 6.45) is 8.22. The molecule has 0 amide bonds. The lowest BCUT2D eigenvalue weighted by Crippen LogP contribution is -2.32. The molecule has 1 aromatic carbocycles. The molecule has 1 aliphatic heterocycles. The first kappa shape index (κ1) is 20.5. The summed E-state index contributed by atoms with van der Waals surface area (Å²) in [5.41, 5.74) is 15.0. The molecule has 9 heteroatoms. The quantitative estimate of drug-likeness (QED) is 0.437. The number of nitrogens with one attached hydrogen (secondary N) is 2. The van der Waals surface area contributed by atoms with Crippen molar-refractivity contribution in [2.45, 2.75) is 50.9 Å². The van der Waals surface area contributed by atoms with Gasteiger partial charge in [0, 0.05) is 5.56 Å². The largest absolute Gasteiger partial charge is 0.397 e. The number of benzene rings is 1. The molecule has 9 nitrogen and oxygen atoms in total. The third kappa shape index (κ3) is 4.23. The molecule has 0 radical (unpaired) electrons. The highest BCUT2D eigenvalue weighted by molar-refractivity contribution is 5.98. The molecule has 1 saturated carbocycles. The maximum absolute atomic E-state index is 9.42. The first-order chi connectivity index (χ1) is 15.1. The fourth-order valence-electron chi connectivity index (χ4n) is 4.06. The lowest BCUT2D eigenvalue weighted by molar-refractivity contribution is 0.0168. The smallest absolute Gasteiger partial charge is 0.211 e. The van der Waals surface area contributed by atoms with Gasteiger partial charge in [0.2, 0.25) is 5.96 Å². The molecule has 0 bridgehead atoms. The maximum atomic E-state index is 9.42. The zero-order valence-electron chi connectivity index (χ0n) is 17.1. The van der Waals surface area contributed by atoms with Crippen LogP contribution in [0.4, 0.5) is 17.3 Å². The molecule has 6 N–H and O–H groups in total. The van der Waals surface area contributed by atoms with Gasteiger partial charge in [-0.25, -0.2) is 9.98 Å². The molecule has 2 aromatic rings. The second-order valence-corrected chi connectivity index (χ2v) is 7.71. The standard InChI is InChI=1S/C22H24N8O/c23-10-16-18(25)17-19(28-22(27-12-24)30-21(17)29-20(16)26)14-8-6-13(7-9-14)11-31-15-4-2-1-3-5-15/h6-9,15,19H,1-5,11H2,(H6,25,26,27,28,29,30). The predicted octanol–water partition coefficient (Wildman–Crippen LogP) is 2.91. The first-order valence-electron chi connectivity index (χ1n) is 10.3. The molecule has 1 fully saturated rings. The number of anilines is 3. The summed E-state index contributed by atoms with van der Waals surface area (Å²) >= 11 is 0. The number of aliphatic imine (C=N–C) groups is 1. The number of fused-ring (bicyclic) bond motifs is 1. The normalized spacial score (nSPS) is 18.1. The summed E-state index contributed by atoms with van der Waals surface area (Å²) in [4.78, 5) is 8.83. The van der Waals surface area contributed by atoms with E-state index >= 15 is 0 Å². The van der Waals surface area contributed by atoms with Crippen LogP contribution in [0, 0.1) is 22.8 Å². The van der Waals surface area contributed by atoms with Gasteiger partial charge in [-0.1, -0.05) is 43.5 Å². The van der Waals surface area contributed by atoms with E-state index in [0.717, 1.165) is 24.0 Å². The number of guanidine groups is 1. The number of pyridine rings is 1. The average molecular weight is 416 g/mol. The van der Waals surface area contributed by atoms with Crippen molar-refractivity contribution in [1.82, 2.24) is 10.3 Å². The molecule has 1 aromatic heterocycles. The number of nitrogen functional groups attached to an aromatic ring is 2. The van der Waals surface area contributed by atoms with Gasteiger partial charge >= 0.3 is 0 Å². The van der Waals surface area contributed by atoms with Crippen molar-refractivity contribution < 1.29 is 4.74 Å². The Balaban J connectivity index is 1.62. The molecule has 1 atom stereocenters. The summed E-state index contributed by atoms with van der Waals surface area (Å²) in [5, 5.41) is 23.8. The van der Waals surface area contributed by atoms with Crippen LogP contribution < -0.4 is 22.1 Å². The Kier molecular flexibility index (Phi) is 5.87. The van der Waals surface area contributed by atoms with Crippen LogP contribution in [0.15, 0.2) is 29.3 Å². The summed E-state index contributed by atoms with van der Waals surface area (Å²) in [6, 6.07) is 9.37. The van der Waals surface area contributed by atoms with E-state index in [1.807, 2.05) is 36.5 Å². The van der Waals surface area contributed by atoms with Gasteiger partial charge in [-0.15, -0.1) is 0 Å². The van der Waals surface area contributed by atoms with Gasteiger partial charge in [0.15, 0.2) is 6.19 Å². The van der Waals surface area contributed by atoms with E-state index in [0.29, 0.717) is 24.1 Å². The predicted molar refractivity (Wildman–Crippen MR) is 118 cm³/mol. The van der Waals surface area contributed by atoms with Gasteiger partial charge in [-0.2, -0.15) is 10.5 Å². The van der Waals surface area contributed by atoms with Gasteiger partial charge in [0.05, 0.1) is 18.4 Å². The Labute approximate surface area is 180 Å². The topological polar surface area (TPSA) is 158 Å². The lowest BCUT2D eigenvalue weighted by atomic mass is 9.94. The van der Waals surface area contributed by atoms with Crippen LogP contribution in [0.2, 0.25) is 0 Å². The van der Waals surface area contributed by atoms with E-state index in [4.69, 9.17) is 21.5 Å². The number of aromatic nitrogens is 1. The minimum atomic E-state index is -0.541. The summed E-state index contributed by atoms with van der Waals surface area (Å²) in [6.45, 7) is 0.567. The molecular formula is C22H24N8O. The van der Waals surface area contributed by atoms with Crippen LogP contribution in [-0.2, 0) is 11.3 Å². The van der Waals surface area contributed by atoms with E-state index in [1.165, 1.54) is 19.3 Å². The Hall–Kier alpha value is -3.82. The average Bonchev–Trinajstić information content (AvgIpc) is 2.78. The molecule has 2 heterocycles. The monoisotopic (exact) mass is 416 g/mol. The van der Waals surface area contributed by atoms with Crippen LogP contribution in [-0.4, -0.2) is 17.0 Å². The number of nitrogens with two attached hydrogens (primary N) is 2. The number of hydrogen-bond donors (Lipinski definition) is 4. The fourth-order valence-corrected chi connectivity index (χ4v) is 4.06. The Morgan fingerprint density at radius 2 is 1.87 bits per heavy atom. The molecule has 0 saturated heterocycles. The SMILES string of the molecule is N#CNC1=NC(c2ccc(COC3CCCCC3)cc2)c2c(nc(N)c(C#N)c2N)N1. The van der Waals surface area contributed by atoms with Gasteiger partial charge in [-0.3, -0.25) is 5.32 Å². The van der Waals surface area contributed by atoms with Crippen LogP contribution >= 0.6 is 0 Å². The highest BCUT2D eigenvalue weighted by atomic mass is 16.5. The van der Waals surface area contributed by atoms with Gasteiger partial charge in [0.25, 0.3) is 0 Å². The number of rotatable bonds is 4. The number of hydrogen-bond acceptors (Lipinski definition) is 9. The summed E-state index contributed by atoms with van der Waals surface area (Å²) < 4.78 is 6.06. The highest BCUT2D eigenvalue weighted by Gasteiger charge is 2.29. The molecule has 1 aliphatic carbocycles. The molecule has 0 spiro atoms. The van der Waals surface area contributed by atoms with E-state index in [9.17, 15) is 5.26 Å². The van der Waals surface area contributed by atoms with Crippen molar-refractivity contribution in [3.8, 4) is 12.3 Å². The van der Waals surface area contributed by atoms with Gasteiger partial charge < -0.3 is 21.5 Å². The van der Waals surface area contributed by atoms with Crippen LogP contribution in [0.1, 0.15) is 60.4 Å². The molecule has 31 heavy (non-hydrogen) atoms. The highest BCUT2D eigenvalue weighted by Crippen LogP contribution is 2.40. The van der Waals surface area contributed by atoms with Crippen molar-refractivity contribution >= 4 is 23.3 Å². The fraction of sp³-hybridized carbons (Fsp3) is 0.364. The summed E-state index contributed by atoms with van der Waals surface area (Å²) in [5.74, 6) is 0.635. The van der Waals surface area contributed by atoms with Crippen molar-refractivity contribution in [3.05, 3.63) is 46.5 Å². The molecule has 2 aliphatic rings. The number of ether oxygens (including phenoxy) is 1. The Morgan fingerprint density at radius 3 is 2.55 bits per heavy atom. The second kappa shape index (κ2) is 8.90. The van der Waals surface area contributed by atoms with E-state index < -0.39 is 6.04 Å². The third-order valence-corrected chi connectivity index (χ3v) is 5.69. The zero-order valence-corrected chi connectivity index (χ0v) is 17.1. The second-order valence-electron chi connectivity index (χ2n) is 7.71. The number of nitriles is 2. The van der Waals surface area contributed by atoms with E-state index in [1.54, 1.807) is 0 Å². The van der Waals surface area contributed by atoms with Gasteiger partial charge in [-0.05, 0) is 24.0 Å². The van der Waals surface area contributed by atoms with E-state index in [-0.39, 0.29) is 23.0 Å². The van der Waals surface area contributed by atoms with Crippen LogP contribution in [0.5, 0.6) is 0 Å². The van der Waals surface area contributed by atoms with Crippen LogP contribution in [0.25, 0.3) is 0 Å². The Morgan fingerprint density at radius 1 is 1.13 bits per heavy atom. The minimum Gasteiger partial charge on any atom is -0.397 e. The van der Waals surface area contributed by atoms with Crippen molar-refractivity contribution in [1.29, 1.82) is 10.5 Å². The van der Waals surface area contributed by atoms with Crippen LogP contribution in [0.3, 0.4) is 0 Å². The summed E-state index contributed by atoms with van der Waals surface area (Å²) in [7, 11) is 0. The van der Waals surface area contributed by atoms with Crippen molar-refractivity contribution in [2.24, 2.45) is 4.99 Å². The molecule has 158 valence electrons. The molecular weight excluding hydrogens is 392 g/mol. The molecule has 4 rings (SSSR count). The number of nitrogens with zero attached hydrogens (tertiary/aromatic N) is 4. The first-order valence-corrected chi connectivity index (χ1v) is 10.3. The minimum absolute atomic E-state index is 0.0263. The Bertz CT molecular complexity index is 1070. The lowest BCUT2D eigenvalue weighted by Gasteiger charge is -2.26. The van der Waals surface area contributed by atoms with Crippen molar-refractivity contribution in [2.75, 3.05) is 16.8 Å². The van der Waals surface area contributed by atoms with Crippen molar-refractivity contribution in [3.63, 3.8) is 0 Å². The maximum Gasteiger partial charge on any atom is 0.211 e. The van der Waals surface area contributed by atoms with Gasteiger partial charge in [0.1, 0.15) is 29.3 Å². The van der Waals surface area contributed by atoms with E-state index in [2.05, 4.69) is 20.6 Å².